The monoisotopic (exact) mass is 778 g/mol. The van der Waals surface area contributed by atoms with Crippen LogP contribution >= 0.6 is 31.9 Å². The smallest absolute Gasteiger partial charge is 0.264 e. The Labute approximate surface area is 280 Å². The van der Waals surface area contributed by atoms with E-state index < -0.39 is 25.7 Å². The van der Waals surface area contributed by atoms with Gasteiger partial charge in [0.25, 0.3) is 20.2 Å². The van der Waals surface area contributed by atoms with Crippen molar-refractivity contribution < 1.29 is 35.4 Å². The first-order valence-corrected chi connectivity index (χ1v) is 19.1. The van der Waals surface area contributed by atoms with Crippen molar-refractivity contribution in [3.8, 4) is 22.6 Å². The largest absolute Gasteiger partial charge is 0.494 e. The number of rotatable bonds is 14. The van der Waals surface area contributed by atoms with Gasteiger partial charge in [0.1, 0.15) is 11.5 Å². The lowest BCUT2D eigenvalue weighted by Gasteiger charge is -2.34. The van der Waals surface area contributed by atoms with Gasteiger partial charge in [0.15, 0.2) is 0 Å². The maximum absolute atomic E-state index is 11.0. The Morgan fingerprint density at radius 3 is 1.29 bits per heavy atom. The first kappa shape index (κ1) is 33.6. The molecule has 0 heterocycles. The molecule has 0 aromatic heterocycles. The molecule has 4 aromatic rings. The summed E-state index contributed by atoms with van der Waals surface area (Å²) >= 11 is 7.39. The second kappa shape index (κ2) is 13.9. The Balaban J connectivity index is 1.48. The zero-order valence-corrected chi connectivity index (χ0v) is 29.0. The van der Waals surface area contributed by atoms with Crippen molar-refractivity contribution >= 4 is 52.1 Å². The topological polar surface area (TPSA) is 127 Å². The summed E-state index contributed by atoms with van der Waals surface area (Å²) < 4.78 is 75.5. The number of unbranched alkanes of at least 4 members (excludes halogenated alkanes) is 2. The predicted molar refractivity (Wildman–Crippen MR) is 181 cm³/mol. The van der Waals surface area contributed by atoms with Gasteiger partial charge in [-0.25, -0.2) is 0 Å². The third-order valence-corrected chi connectivity index (χ3v) is 10.4. The van der Waals surface area contributed by atoms with Gasteiger partial charge in [-0.05, 0) is 108 Å². The molecule has 8 nitrogen and oxygen atoms in total. The van der Waals surface area contributed by atoms with Gasteiger partial charge in [-0.2, -0.15) is 16.8 Å². The highest BCUT2D eigenvalue weighted by Crippen LogP contribution is 2.57. The molecule has 2 N–H and O–H groups in total. The molecule has 0 bridgehead atoms. The van der Waals surface area contributed by atoms with Crippen LogP contribution in [0, 0.1) is 0 Å². The van der Waals surface area contributed by atoms with Crippen molar-refractivity contribution in [3.05, 3.63) is 116 Å². The Hall–Kier alpha value is -2.74. The van der Waals surface area contributed by atoms with Crippen molar-refractivity contribution in [2.75, 3.05) is 24.7 Å². The van der Waals surface area contributed by atoms with E-state index in [1.807, 2.05) is 60.7 Å². The lowest BCUT2D eigenvalue weighted by atomic mass is 9.67. The molecule has 0 unspecified atom stereocenters. The molecule has 0 atom stereocenters. The summed E-state index contributed by atoms with van der Waals surface area (Å²) in [6.07, 6.45) is 1.59. The zero-order chi connectivity index (χ0) is 32.2. The lowest BCUT2D eigenvalue weighted by Crippen LogP contribution is -2.28. The number of halogens is 2. The number of ether oxygens (including phenoxy) is 2. The average Bonchev–Trinajstić information content (AvgIpc) is 3.25. The molecule has 238 valence electrons. The van der Waals surface area contributed by atoms with Crippen LogP contribution in [0.3, 0.4) is 0 Å². The van der Waals surface area contributed by atoms with Crippen molar-refractivity contribution in [3.63, 3.8) is 0 Å². The summed E-state index contributed by atoms with van der Waals surface area (Å²) in [5.74, 6) is 0.722. The summed E-state index contributed by atoms with van der Waals surface area (Å²) in [5.41, 5.74) is 5.84. The Morgan fingerprint density at radius 2 is 0.933 bits per heavy atom. The maximum Gasteiger partial charge on any atom is 0.264 e. The zero-order valence-electron chi connectivity index (χ0n) is 24.2. The molecule has 1 aliphatic carbocycles. The molecular formula is C33H32Br2O8S2. The standard InChI is InChI=1S/C33H32Br2O8S2/c34-25-9-15-29-30-16-10-26(35)22-32(30)33(31(29)21-25,23-5-11-27(12-6-23)42-17-1-3-19-44(36,37)38)24-7-13-28(14-8-24)43-18-2-4-20-45(39,40)41/h5-16,21-22H,1-4,17-20H2,(H,36,37,38)(H,39,40,41). The van der Waals surface area contributed by atoms with Crippen LogP contribution in [0.1, 0.15) is 47.9 Å². The number of fused-ring (bicyclic) bond motifs is 3. The van der Waals surface area contributed by atoms with Crippen LogP contribution in [0.4, 0.5) is 0 Å². The molecule has 1 aliphatic rings. The van der Waals surface area contributed by atoms with E-state index in [2.05, 4.69) is 56.1 Å². The SMILES string of the molecule is O=S(=O)(O)CCCCOc1ccc(C2(c3ccc(OCCCCS(=O)(=O)O)cc3)c3cc(Br)ccc3-c3ccc(Br)cc32)cc1. The summed E-state index contributed by atoms with van der Waals surface area (Å²) in [5, 5.41) is 0. The van der Waals surface area contributed by atoms with Crippen LogP contribution in [-0.4, -0.2) is 50.7 Å². The minimum Gasteiger partial charge on any atom is -0.494 e. The first-order valence-electron chi connectivity index (χ1n) is 14.3. The highest BCUT2D eigenvalue weighted by atomic mass is 79.9. The van der Waals surface area contributed by atoms with E-state index in [1.165, 1.54) is 0 Å². The molecule has 4 aromatic carbocycles. The van der Waals surface area contributed by atoms with E-state index >= 15 is 0 Å². The van der Waals surface area contributed by atoms with E-state index in [-0.39, 0.29) is 11.5 Å². The van der Waals surface area contributed by atoms with Gasteiger partial charge in [-0.15, -0.1) is 0 Å². The van der Waals surface area contributed by atoms with Gasteiger partial charge < -0.3 is 9.47 Å². The van der Waals surface area contributed by atoms with Crippen LogP contribution in [0.2, 0.25) is 0 Å². The van der Waals surface area contributed by atoms with Crippen molar-refractivity contribution in [1.82, 2.24) is 0 Å². The summed E-state index contributed by atoms with van der Waals surface area (Å²) in [6.45, 7) is 0.645. The Kier molecular flexibility index (Phi) is 10.4. The van der Waals surface area contributed by atoms with Crippen molar-refractivity contribution in [2.24, 2.45) is 0 Å². The molecule has 5 rings (SSSR count). The molecule has 0 saturated carbocycles. The number of hydrogen-bond acceptors (Lipinski definition) is 6. The van der Waals surface area contributed by atoms with Crippen LogP contribution in [-0.2, 0) is 25.7 Å². The lowest BCUT2D eigenvalue weighted by molar-refractivity contribution is 0.309. The van der Waals surface area contributed by atoms with Gasteiger partial charge in [0.2, 0.25) is 0 Å². The quantitative estimate of drug-likeness (QED) is 0.0869. The molecule has 0 fully saturated rings. The Morgan fingerprint density at radius 1 is 0.556 bits per heavy atom. The van der Waals surface area contributed by atoms with Gasteiger partial charge >= 0.3 is 0 Å². The molecule has 45 heavy (non-hydrogen) atoms. The molecule has 12 heteroatoms. The van der Waals surface area contributed by atoms with Crippen LogP contribution in [0.15, 0.2) is 93.9 Å². The van der Waals surface area contributed by atoms with E-state index in [0.29, 0.717) is 50.4 Å². The average molecular weight is 781 g/mol. The highest BCUT2D eigenvalue weighted by Gasteiger charge is 2.46. The van der Waals surface area contributed by atoms with Crippen LogP contribution in [0.5, 0.6) is 11.5 Å². The molecular weight excluding hydrogens is 748 g/mol. The first-order chi connectivity index (χ1) is 21.4. The fraction of sp³-hybridized carbons (Fsp3) is 0.273. The minimum absolute atomic E-state index is 0.292. The Bertz CT molecular complexity index is 1740. The van der Waals surface area contributed by atoms with E-state index in [4.69, 9.17) is 18.6 Å². The number of hydrogen-bond donors (Lipinski definition) is 2. The van der Waals surface area contributed by atoms with Gasteiger partial charge in [-0.1, -0.05) is 68.3 Å². The summed E-state index contributed by atoms with van der Waals surface area (Å²) in [7, 11) is -7.97. The highest BCUT2D eigenvalue weighted by molar-refractivity contribution is 9.10. The third-order valence-electron chi connectivity index (χ3n) is 7.77. The maximum atomic E-state index is 11.0. The van der Waals surface area contributed by atoms with Gasteiger partial charge in [0.05, 0.1) is 30.1 Å². The second-order valence-corrected chi connectivity index (χ2v) is 15.8. The molecule has 0 spiro atoms. The molecule has 0 radical (unpaired) electrons. The van der Waals surface area contributed by atoms with E-state index in [9.17, 15) is 16.8 Å². The summed E-state index contributed by atoms with van der Waals surface area (Å²) in [4.78, 5) is 0. The summed E-state index contributed by atoms with van der Waals surface area (Å²) in [6, 6.07) is 28.5. The molecule has 0 saturated heterocycles. The van der Waals surface area contributed by atoms with Crippen LogP contribution < -0.4 is 9.47 Å². The predicted octanol–water partition coefficient (Wildman–Crippen LogP) is 7.67. The van der Waals surface area contributed by atoms with E-state index in [0.717, 1.165) is 42.3 Å². The fourth-order valence-corrected chi connectivity index (χ4v) is 7.67. The van der Waals surface area contributed by atoms with Crippen molar-refractivity contribution in [1.29, 1.82) is 0 Å². The normalized spacial score (nSPS) is 13.7. The van der Waals surface area contributed by atoms with E-state index in [1.54, 1.807) is 0 Å². The van der Waals surface area contributed by atoms with Crippen LogP contribution in [0.25, 0.3) is 11.1 Å². The fourth-order valence-electron chi connectivity index (χ4n) is 5.81. The minimum atomic E-state index is -3.99. The van der Waals surface area contributed by atoms with Gasteiger partial charge in [0, 0.05) is 8.95 Å². The van der Waals surface area contributed by atoms with Crippen molar-refractivity contribution in [2.45, 2.75) is 31.1 Å². The third kappa shape index (κ3) is 7.98. The second-order valence-electron chi connectivity index (χ2n) is 10.9. The molecule has 0 aliphatic heterocycles. The van der Waals surface area contributed by atoms with Gasteiger partial charge in [-0.3, -0.25) is 9.11 Å². The number of benzene rings is 4. The molecule has 0 amide bonds.